The van der Waals surface area contributed by atoms with Gasteiger partial charge in [0.1, 0.15) is 5.82 Å². The van der Waals surface area contributed by atoms with Crippen LogP contribution in [0.25, 0.3) is 11.4 Å². The molecule has 6 heteroatoms. The monoisotopic (exact) mass is 273 g/mol. The molecule has 1 aromatic carbocycles. The molecule has 0 aliphatic rings. The van der Waals surface area contributed by atoms with E-state index in [0.717, 1.165) is 29.9 Å². The predicted molar refractivity (Wildman–Crippen MR) is 78.1 cm³/mol. The van der Waals surface area contributed by atoms with Crippen LogP contribution in [0, 0.1) is 6.92 Å². The van der Waals surface area contributed by atoms with E-state index in [1.54, 1.807) is 0 Å². The normalized spacial score (nSPS) is 10.5. The second kappa shape index (κ2) is 6.81. The lowest BCUT2D eigenvalue weighted by Crippen LogP contribution is -2.12. The van der Waals surface area contributed by atoms with Gasteiger partial charge in [-0.25, -0.2) is 4.98 Å². The zero-order valence-corrected chi connectivity index (χ0v) is 11.5. The van der Waals surface area contributed by atoms with E-state index in [1.165, 1.54) is 0 Å². The number of para-hydroxylation sites is 1. The SMILES string of the molecule is Cc1nc(-c2ccccc2NC(=O)CCCCN)n[nH]1. The zero-order valence-electron chi connectivity index (χ0n) is 11.5. The van der Waals surface area contributed by atoms with Crippen LogP contribution in [0.2, 0.25) is 0 Å². The average molecular weight is 273 g/mol. The van der Waals surface area contributed by atoms with Crippen molar-refractivity contribution in [1.82, 2.24) is 15.2 Å². The van der Waals surface area contributed by atoms with Gasteiger partial charge >= 0.3 is 0 Å². The molecule has 0 unspecified atom stereocenters. The standard InChI is InChI=1S/C14H19N5O/c1-10-16-14(19-18-10)11-6-2-3-7-12(11)17-13(20)8-4-5-9-15/h2-3,6-7H,4-5,8-9,15H2,1H3,(H,17,20)(H,16,18,19). The van der Waals surface area contributed by atoms with E-state index < -0.39 is 0 Å². The van der Waals surface area contributed by atoms with E-state index >= 15 is 0 Å². The maximum atomic E-state index is 11.9. The van der Waals surface area contributed by atoms with Crippen molar-refractivity contribution in [2.24, 2.45) is 5.73 Å². The first kappa shape index (κ1) is 14.2. The number of aromatic nitrogens is 3. The van der Waals surface area contributed by atoms with Gasteiger partial charge in [-0.05, 0) is 38.4 Å². The van der Waals surface area contributed by atoms with Crippen LogP contribution in [0.15, 0.2) is 24.3 Å². The Morgan fingerprint density at radius 3 is 2.85 bits per heavy atom. The van der Waals surface area contributed by atoms with Gasteiger partial charge in [-0.2, -0.15) is 5.10 Å². The molecule has 0 aliphatic carbocycles. The van der Waals surface area contributed by atoms with Crippen LogP contribution in [0.1, 0.15) is 25.1 Å². The molecule has 1 amide bonds. The number of aromatic amines is 1. The Bertz CT molecular complexity index is 578. The summed E-state index contributed by atoms with van der Waals surface area (Å²) in [6.45, 7) is 2.45. The summed E-state index contributed by atoms with van der Waals surface area (Å²) in [6, 6.07) is 7.50. The molecule has 1 aromatic heterocycles. The lowest BCUT2D eigenvalue weighted by atomic mass is 10.1. The van der Waals surface area contributed by atoms with Crippen LogP contribution in [-0.4, -0.2) is 27.6 Å². The number of aryl methyl sites for hydroxylation is 1. The van der Waals surface area contributed by atoms with E-state index in [-0.39, 0.29) is 5.91 Å². The average Bonchev–Trinajstić information content (AvgIpc) is 2.86. The molecular formula is C14H19N5O. The van der Waals surface area contributed by atoms with Crippen molar-refractivity contribution < 1.29 is 4.79 Å². The number of unbranched alkanes of at least 4 members (excludes halogenated alkanes) is 1. The zero-order chi connectivity index (χ0) is 14.4. The molecule has 20 heavy (non-hydrogen) atoms. The van der Waals surface area contributed by atoms with Gasteiger partial charge in [-0.1, -0.05) is 12.1 Å². The molecule has 0 fully saturated rings. The van der Waals surface area contributed by atoms with Crippen molar-refractivity contribution in [1.29, 1.82) is 0 Å². The van der Waals surface area contributed by atoms with Gasteiger partial charge in [-0.15, -0.1) is 0 Å². The maximum Gasteiger partial charge on any atom is 0.224 e. The lowest BCUT2D eigenvalue weighted by Gasteiger charge is -2.08. The Morgan fingerprint density at radius 2 is 2.15 bits per heavy atom. The highest BCUT2D eigenvalue weighted by atomic mass is 16.1. The number of nitrogens with two attached hydrogens (primary N) is 1. The van der Waals surface area contributed by atoms with Crippen molar-refractivity contribution in [2.75, 3.05) is 11.9 Å². The lowest BCUT2D eigenvalue weighted by molar-refractivity contribution is -0.116. The molecule has 1 heterocycles. The van der Waals surface area contributed by atoms with Crippen molar-refractivity contribution in [2.45, 2.75) is 26.2 Å². The highest BCUT2D eigenvalue weighted by Crippen LogP contribution is 2.24. The van der Waals surface area contributed by atoms with Crippen LogP contribution in [0.3, 0.4) is 0 Å². The van der Waals surface area contributed by atoms with Crippen LogP contribution in [0.4, 0.5) is 5.69 Å². The molecule has 0 radical (unpaired) electrons. The van der Waals surface area contributed by atoms with Gasteiger partial charge in [-0.3, -0.25) is 9.89 Å². The smallest absolute Gasteiger partial charge is 0.224 e. The Hall–Kier alpha value is -2.21. The highest BCUT2D eigenvalue weighted by Gasteiger charge is 2.11. The topological polar surface area (TPSA) is 96.7 Å². The summed E-state index contributed by atoms with van der Waals surface area (Å²) in [4.78, 5) is 16.2. The molecule has 0 spiro atoms. The molecule has 0 atom stereocenters. The van der Waals surface area contributed by atoms with Crippen molar-refractivity contribution >= 4 is 11.6 Å². The third-order valence-corrected chi connectivity index (χ3v) is 2.90. The summed E-state index contributed by atoms with van der Waals surface area (Å²) in [5, 5.41) is 9.83. The number of H-pyrrole nitrogens is 1. The minimum atomic E-state index is -0.0156. The summed E-state index contributed by atoms with van der Waals surface area (Å²) in [5.41, 5.74) is 6.95. The van der Waals surface area contributed by atoms with Gasteiger partial charge < -0.3 is 11.1 Å². The number of nitrogens with one attached hydrogen (secondary N) is 2. The van der Waals surface area contributed by atoms with E-state index in [4.69, 9.17) is 5.73 Å². The molecule has 2 rings (SSSR count). The van der Waals surface area contributed by atoms with Crippen LogP contribution in [-0.2, 0) is 4.79 Å². The predicted octanol–water partition coefficient (Wildman–Crippen LogP) is 1.85. The summed E-state index contributed by atoms with van der Waals surface area (Å²) in [7, 11) is 0. The summed E-state index contributed by atoms with van der Waals surface area (Å²) in [6.07, 6.45) is 2.12. The second-order valence-corrected chi connectivity index (χ2v) is 4.58. The number of rotatable bonds is 6. The van der Waals surface area contributed by atoms with Crippen molar-refractivity contribution in [3.8, 4) is 11.4 Å². The van der Waals surface area contributed by atoms with E-state index in [0.29, 0.717) is 18.8 Å². The van der Waals surface area contributed by atoms with E-state index in [2.05, 4.69) is 20.5 Å². The quantitative estimate of drug-likeness (QED) is 0.700. The Balaban J connectivity index is 2.10. The molecular weight excluding hydrogens is 254 g/mol. The molecule has 6 nitrogen and oxygen atoms in total. The Morgan fingerprint density at radius 1 is 1.35 bits per heavy atom. The number of benzene rings is 1. The molecule has 4 N–H and O–H groups in total. The number of nitrogens with zero attached hydrogens (tertiary/aromatic N) is 2. The minimum Gasteiger partial charge on any atom is -0.330 e. The molecule has 2 aromatic rings. The fourth-order valence-electron chi connectivity index (χ4n) is 1.89. The Kier molecular flexibility index (Phi) is 4.84. The van der Waals surface area contributed by atoms with Gasteiger partial charge in [0.05, 0.1) is 5.69 Å². The first-order valence-electron chi connectivity index (χ1n) is 6.69. The number of amides is 1. The minimum absolute atomic E-state index is 0.0156. The fraction of sp³-hybridized carbons (Fsp3) is 0.357. The number of carbonyl (C=O) groups excluding carboxylic acids is 1. The second-order valence-electron chi connectivity index (χ2n) is 4.58. The van der Waals surface area contributed by atoms with Crippen molar-refractivity contribution in [3.05, 3.63) is 30.1 Å². The van der Waals surface area contributed by atoms with E-state index in [9.17, 15) is 4.79 Å². The fourth-order valence-corrected chi connectivity index (χ4v) is 1.89. The largest absolute Gasteiger partial charge is 0.330 e. The Labute approximate surface area is 117 Å². The molecule has 106 valence electrons. The molecule has 0 bridgehead atoms. The van der Waals surface area contributed by atoms with Crippen LogP contribution >= 0.6 is 0 Å². The number of anilines is 1. The molecule has 0 saturated heterocycles. The van der Waals surface area contributed by atoms with Gasteiger partial charge in [0, 0.05) is 12.0 Å². The summed E-state index contributed by atoms with van der Waals surface area (Å²) in [5.74, 6) is 1.31. The molecule has 0 saturated carbocycles. The van der Waals surface area contributed by atoms with Crippen LogP contribution < -0.4 is 11.1 Å². The van der Waals surface area contributed by atoms with Crippen LogP contribution in [0.5, 0.6) is 0 Å². The third kappa shape index (κ3) is 3.64. The molecule has 0 aliphatic heterocycles. The number of carbonyl (C=O) groups is 1. The van der Waals surface area contributed by atoms with Gasteiger partial charge in [0.25, 0.3) is 0 Å². The third-order valence-electron chi connectivity index (χ3n) is 2.90. The van der Waals surface area contributed by atoms with Gasteiger partial charge in [0.2, 0.25) is 5.91 Å². The summed E-state index contributed by atoms with van der Waals surface area (Å²) >= 11 is 0. The maximum absolute atomic E-state index is 11.9. The highest BCUT2D eigenvalue weighted by molar-refractivity contribution is 5.94. The van der Waals surface area contributed by atoms with E-state index in [1.807, 2.05) is 31.2 Å². The first-order chi connectivity index (χ1) is 9.70. The van der Waals surface area contributed by atoms with Gasteiger partial charge in [0.15, 0.2) is 5.82 Å². The first-order valence-corrected chi connectivity index (χ1v) is 6.69. The number of hydrogen-bond donors (Lipinski definition) is 3. The van der Waals surface area contributed by atoms with Crippen molar-refractivity contribution in [3.63, 3.8) is 0 Å². The number of hydrogen-bond acceptors (Lipinski definition) is 4. The summed E-state index contributed by atoms with van der Waals surface area (Å²) < 4.78 is 0.